The van der Waals surface area contributed by atoms with Crippen molar-refractivity contribution in [3.05, 3.63) is 56.1 Å². The van der Waals surface area contributed by atoms with Gasteiger partial charge in [0, 0.05) is 27.2 Å². The number of halogens is 2. The maximum atomic E-state index is 12.2. The molecule has 0 bridgehead atoms. The van der Waals surface area contributed by atoms with E-state index in [1.165, 1.54) is 4.31 Å². The highest BCUT2D eigenvalue weighted by atomic mass is 127. The van der Waals surface area contributed by atoms with E-state index >= 15 is 0 Å². The van der Waals surface area contributed by atoms with Crippen LogP contribution in [0.4, 0.5) is 11.4 Å². The van der Waals surface area contributed by atoms with E-state index in [4.69, 9.17) is 11.6 Å². The van der Waals surface area contributed by atoms with Crippen molar-refractivity contribution in [3.8, 4) is 0 Å². The lowest BCUT2D eigenvalue weighted by Crippen LogP contribution is -2.32. The van der Waals surface area contributed by atoms with Crippen LogP contribution in [-0.2, 0) is 14.8 Å². The molecular formula is C19H22ClIN2O3S. The summed E-state index contributed by atoms with van der Waals surface area (Å²) in [5, 5.41) is 3.35. The molecule has 2 aromatic carbocycles. The van der Waals surface area contributed by atoms with Gasteiger partial charge in [0.15, 0.2) is 0 Å². The number of amides is 1. The first-order valence-corrected chi connectivity index (χ1v) is 11.7. The standard InChI is InChI=1S/C19H22ClIN2O3S/c1-13-6-7-15(20)12-18(13)23(27(3,25)26)10-4-5-19(24)22-17-9-8-16(21)11-14(17)2/h6-9,11-12H,4-5,10H2,1-3H3,(H,22,24). The number of aryl methyl sites for hydroxylation is 2. The molecule has 0 atom stereocenters. The molecule has 0 radical (unpaired) electrons. The molecule has 1 amide bonds. The van der Waals surface area contributed by atoms with Crippen molar-refractivity contribution >= 4 is 61.5 Å². The summed E-state index contributed by atoms with van der Waals surface area (Å²) in [6.45, 7) is 3.97. The lowest BCUT2D eigenvalue weighted by Gasteiger charge is -2.24. The minimum atomic E-state index is -3.48. The molecule has 146 valence electrons. The molecule has 0 aromatic heterocycles. The average Bonchev–Trinajstić information content (AvgIpc) is 2.56. The molecule has 1 N–H and O–H groups in total. The van der Waals surface area contributed by atoms with Gasteiger partial charge in [-0.25, -0.2) is 8.42 Å². The topological polar surface area (TPSA) is 66.5 Å². The maximum absolute atomic E-state index is 12.2. The maximum Gasteiger partial charge on any atom is 0.232 e. The van der Waals surface area contributed by atoms with Gasteiger partial charge >= 0.3 is 0 Å². The number of hydrogen-bond acceptors (Lipinski definition) is 3. The van der Waals surface area contributed by atoms with Crippen LogP contribution in [0.5, 0.6) is 0 Å². The number of carbonyl (C=O) groups excluding carboxylic acids is 1. The Labute approximate surface area is 179 Å². The van der Waals surface area contributed by atoms with Gasteiger partial charge in [0.05, 0.1) is 11.9 Å². The highest BCUT2D eigenvalue weighted by Crippen LogP contribution is 2.26. The van der Waals surface area contributed by atoms with Gasteiger partial charge in [-0.2, -0.15) is 0 Å². The van der Waals surface area contributed by atoms with Gasteiger partial charge in [-0.3, -0.25) is 9.10 Å². The highest BCUT2D eigenvalue weighted by molar-refractivity contribution is 14.1. The summed E-state index contributed by atoms with van der Waals surface area (Å²) in [5.41, 5.74) is 3.11. The van der Waals surface area contributed by atoms with Crippen molar-refractivity contribution < 1.29 is 13.2 Å². The van der Waals surface area contributed by atoms with E-state index < -0.39 is 10.0 Å². The third kappa shape index (κ3) is 6.36. The van der Waals surface area contributed by atoms with Gasteiger partial charge in [-0.15, -0.1) is 0 Å². The summed E-state index contributed by atoms with van der Waals surface area (Å²) in [4.78, 5) is 12.2. The molecule has 0 aliphatic rings. The van der Waals surface area contributed by atoms with Crippen LogP contribution in [0.15, 0.2) is 36.4 Å². The Morgan fingerprint density at radius 2 is 1.85 bits per heavy atom. The Hall–Kier alpha value is -1.32. The lowest BCUT2D eigenvalue weighted by molar-refractivity contribution is -0.116. The van der Waals surface area contributed by atoms with E-state index in [0.717, 1.165) is 26.6 Å². The van der Waals surface area contributed by atoms with E-state index in [0.29, 0.717) is 17.1 Å². The molecule has 5 nitrogen and oxygen atoms in total. The third-order valence-corrected chi connectivity index (χ3v) is 6.15. The Bertz CT molecular complexity index is 948. The monoisotopic (exact) mass is 520 g/mol. The Balaban J connectivity index is 2.03. The Kier molecular flexibility index (Phi) is 7.53. The number of nitrogens with one attached hydrogen (secondary N) is 1. The molecule has 8 heteroatoms. The quantitative estimate of drug-likeness (QED) is 0.536. The molecule has 0 saturated carbocycles. The van der Waals surface area contributed by atoms with Crippen LogP contribution in [0.2, 0.25) is 5.02 Å². The van der Waals surface area contributed by atoms with Crippen molar-refractivity contribution in [2.24, 2.45) is 0 Å². The van der Waals surface area contributed by atoms with Crippen LogP contribution in [0, 0.1) is 17.4 Å². The molecule has 2 rings (SSSR count). The number of benzene rings is 2. The second kappa shape index (κ2) is 9.25. The largest absolute Gasteiger partial charge is 0.326 e. The van der Waals surface area contributed by atoms with Gasteiger partial charge in [0.2, 0.25) is 15.9 Å². The molecule has 0 aliphatic carbocycles. The van der Waals surface area contributed by atoms with Gasteiger partial charge in [0.1, 0.15) is 0 Å². The smallest absolute Gasteiger partial charge is 0.232 e. The summed E-state index contributed by atoms with van der Waals surface area (Å²) in [5.74, 6) is -0.143. The van der Waals surface area contributed by atoms with Gasteiger partial charge in [0.25, 0.3) is 0 Å². The predicted molar refractivity (Wildman–Crippen MR) is 120 cm³/mol. The van der Waals surface area contributed by atoms with Crippen LogP contribution in [-0.4, -0.2) is 27.1 Å². The summed E-state index contributed by atoms with van der Waals surface area (Å²) in [6, 6.07) is 10.9. The SMILES string of the molecule is Cc1cc(I)ccc1NC(=O)CCCN(c1cc(Cl)ccc1C)S(C)(=O)=O. The fourth-order valence-electron chi connectivity index (χ4n) is 2.68. The van der Waals surface area contributed by atoms with Crippen molar-refractivity contribution in [1.82, 2.24) is 0 Å². The van der Waals surface area contributed by atoms with E-state index in [9.17, 15) is 13.2 Å². The molecule has 0 heterocycles. The van der Waals surface area contributed by atoms with E-state index in [2.05, 4.69) is 27.9 Å². The van der Waals surface area contributed by atoms with E-state index in [1.54, 1.807) is 18.2 Å². The van der Waals surface area contributed by atoms with E-state index in [-0.39, 0.29) is 18.9 Å². The van der Waals surface area contributed by atoms with Crippen LogP contribution in [0.3, 0.4) is 0 Å². The minimum absolute atomic E-state index is 0.143. The first-order chi connectivity index (χ1) is 12.6. The lowest BCUT2D eigenvalue weighted by atomic mass is 10.2. The number of sulfonamides is 1. The van der Waals surface area contributed by atoms with Gasteiger partial charge < -0.3 is 5.32 Å². The van der Waals surface area contributed by atoms with Crippen LogP contribution < -0.4 is 9.62 Å². The summed E-state index contributed by atoms with van der Waals surface area (Å²) < 4.78 is 26.8. The average molecular weight is 521 g/mol. The van der Waals surface area contributed by atoms with Gasteiger partial charge in [-0.05, 0) is 84.3 Å². The zero-order valence-corrected chi connectivity index (χ0v) is 19.2. The molecule has 0 aliphatic heterocycles. The highest BCUT2D eigenvalue weighted by Gasteiger charge is 2.20. The third-order valence-electron chi connectivity index (χ3n) is 4.07. The predicted octanol–water partition coefficient (Wildman–Crippen LogP) is 4.75. The Morgan fingerprint density at radius 1 is 1.15 bits per heavy atom. The molecule has 0 saturated heterocycles. The summed E-state index contributed by atoms with van der Waals surface area (Å²) in [6.07, 6.45) is 1.77. The number of carbonyl (C=O) groups is 1. The van der Waals surface area contributed by atoms with E-state index in [1.807, 2.05) is 32.0 Å². The second-order valence-corrected chi connectivity index (χ2v) is 9.97. The zero-order valence-electron chi connectivity index (χ0n) is 15.4. The summed E-state index contributed by atoms with van der Waals surface area (Å²) in [7, 11) is -3.48. The Morgan fingerprint density at radius 3 is 2.48 bits per heavy atom. The summed E-state index contributed by atoms with van der Waals surface area (Å²) >= 11 is 8.24. The number of rotatable bonds is 7. The fraction of sp³-hybridized carbons (Fsp3) is 0.316. The number of anilines is 2. The van der Waals surface area contributed by atoms with Crippen molar-refractivity contribution in [2.45, 2.75) is 26.7 Å². The van der Waals surface area contributed by atoms with Crippen LogP contribution >= 0.6 is 34.2 Å². The van der Waals surface area contributed by atoms with Crippen LogP contribution in [0.25, 0.3) is 0 Å². The normalized spacial score (nSPS) is 11.3. The van der Waals surface area contributed by atoms with Gasteiger partial charge in [-0.1, -0.05) is 17.7 Å². The number of nitrogens with zero attached hydrogens (tertiary/aromatic N) is 1. The van der Waals surface area contributed by atoms with Crippen molar-refractivity contribution in [2.75, 3.05) is 22.4 Å². The molecule has 0 fully saturated rings. The zero-order chi connectivity index (χ0) is 20.2. The first-order valence-electron chi connectivity index (χ1n) is 8.38. The molecule has 0 unspecified atom stereocenters. The number of hydrogen-bond donors (Lipinski definition) is 1. The first kappa shape index (κ1) is 22.0. The fourth-order valence-corrected chi connectivity index (χ4v) is 4.51. The molecule has 27 heavy (non-hydrogen) atoms. The second-order valence-electron chi connectivity index (χ2n) is 6.38. The minimum Gasteiger partial charge on any atom is -0.326 e. The van der Waals surface area contributed by atoms with Crippen molar-refractivity contribution in [3.63, 3.8) is 0 Å². The molecule has 0 spiro atoms. The molecular weight excluding hydrogens is 499 g/mol. The van der Waals surface area contributed by atoms with Crippen molar-refractivity contribution in [1.29, 1.82) is 0 Å². The van der Waals surface area contributed by atoms with Crippen LogP contribution in [0.1, 0.15) is 24.0 Å². The molecule has 2 aromatic rings.